The van der Waals surface area contributed by atoms with Crippen molar-refractivity contribution < 1.29 is 23.3 Å². The lowest BCUT2D eigenvalue weighted by atomic mass is 10.2. The first-order chi connectivity index (χ1) is 14.2. The number of nitrogens with zero attached hydrogens (tertiary/aromatic N) is 2. The molecule has 0 aliphatic carbocycles. The SMILES string of the molecule is COCCOCCOc1ccc2c(OCNc3ccc(Cl)cc3F)ncnc2c1. The summed E-state index contributed by atoms with van der Waals surface area (Å²) in [5, 5.41) is 3.90. The number of halogens is 2. The Kier molecular flexibility index (Phi) is 7.80. The average Bonchev–Trinajstić information content (AvgIpc) is 2.72. The van der Waals surface area contributed by atoms with Gasteiger partial charge in [-0.3, -0.25) is 0 Å². The Morgan fingerprint density at radius 1 is 1.00 bits per heavy atom. The minimum Gasteiger partial charge on any atom is -0.491 e. The molecule has 0 radical (unpaired) electrons. The summed E-state index contributed by atoms with van der Waals surface area (Å²) in [6.45, 7) is 1.99. The van der Waals surface area contributed by atoms with Gasteiger partial charge in [0.1, 0.15) is 24.5 Å². The number of nitrogens with one attached hydrogen (secondary N) is 1. The van der Waals surface area contributed by atoms with Crippen LogP contribution in [0, 0.1) is 5.82 Å². The van der Waals surface area contributed by atoms with Gasteiger partial charge in [-0.2, -0.15) is 0 Å². The molecule has 0 saturated carbocycles. The molecule has 0 unspecified atom stereocenters. The van der Waals surface area contributed by atoms with Gasteiger partial charge in [0.05, 0.1) is 36.4 Å². The number of benzene rings is 2. The van der Waals surface area contributed by atoms with Crippen molar-refractivity contribution in [3.05, 3.63) is 53.6 Å². The number of anilines is 1. The Hall–Kier alpha value is -2.68. The van der Waals surface area contributed by atoms with Crippen LogP contribution in [0.25, 0.3) is 10.9 Å². The van der Waals surface area contributed by atoms with Gasteiger partial charge in [-0.25, -0.2) is 14.4 Å². The number of ether oxygens (including phenoxy) is 4. The van der Waals surface area contributed by atoms with Gasteiger partial charge >= 0.3 is 0 Å². The van der Waals surface area contributed by atoms with Crippen LogP contribution in [0.5, 0.6) is 11.6 Å². The van der Waals surface area contributed by atoms with E-state index in [2.05, 4.69) is 15.3 Å². The molecule has 1 N–H and O–H groups in total. The molecule has 3 aromatic rings. The maximum atomic E-state index is 13.8. The van der Waals surface area contributed by atoms with E-state index in [1.807, 2.05) is 6.07 Å². The molecule has 29 heavy (non-hydrogen) atoms. The highest BCUT2D eigenvalue weighted by atomic mass is 35.5. The molecule has 9 heteroatoms. The van der Waals surface area contributed by atoms with Crippen molar-refractivity contribution in [1.82, 2.24) is 9.97 Å². The fourth-order valence-corrected chi connectivity index (χ4v) is 2.65. The van der Waals surface area contributed by atoms with E-state index in [0.29, 0.717) is 48.6 Å². The third kappa shape index (κ3) is 6.15. The van der Waals surface area contributed by atoms with Crippen molar-refractivity contribution in [2.75, 3.05) is 45.6 Å². The molecular formula is C20H21ClFN3O4. The van der Waals surface area contributed by atoms with Gasteiger partial charge in [0.2, 0.25) is 5.88 Å². The van der Waals surface area contributed by atoms with Gasteiger partial charge in [-0.15, -0.1) is 0 Å². The summed E-state index contributed by atoms with van der Waals surface area (Å²) in [7, 11) is 1.63. The summed E-state index contributed by atoms with van der Waals surface area (Å²) in [5.41, 5.74) is 0.960. The van der Waals surface area contributed by atoms with E-state index in [1.54, 1.807) is 31.4 Å². The summed E-state index contributed by atoms with van der Waals surface area (Å²) in [5.74, 6) is 0.590. The Morgan fingerprint density at radius 2 is 1.86 bits per heavy atom. The van der Waals surface area contributed by atoms with E-state index in [4.69, 9.17) is 30.5 Å². The lowest BCUT2D eigenvalue weighted by Crippen LogP contribution is -2.11. The Morgan fingerprint density at radius 3 is 2.69 bits per heavy atom. The van der Waals surface area contributed by atoms with Crippen molar-refractivity contribution >= 4 is 28.2 Å². The number of hydrogen-bond donors (Lipinski definition) is 1. The van der Waals surface area contributed by atoms with Crippen LogP contribution in [0.2, 0.25) is 5.02 Å². The van der Waals surface area contributed by atoms with Crippen LogP contribution < -0.4 is 14.8 Å². The van der Waals surface area contributed by atoms with Gasteiger partial charge in [-0.05, 0) is 30.3 Å². The van der Waals surface area contributed by atoms with Crippen molar-refractivity contribution in [3.63, 3.8) is 0 Å². The molecule has 0 bridgehead atoms. The van der Waals surface area contributed by atoms with Gasteiger partial charge in [-0.1, -0.05) is 11.6 Å². The van der Waals surface area contributed by atoms with Crippen molar-refractivity contribution in [3.8, 4) is 11.6 Å². The van der Waals surface area contributed by atoms with Crippen molar-refractivity contribution in [2.45, 2.75) is 0 Å². The van der Waals surface area contributed by atoms with Crippen molar-refractivity contribution in [1.29, 1.82) is 0 Å². The summed E-state index contributed by atoms with van der Waals surface area (Å²) in [6, 6.07) is 9.78. The first kappa shape index (κ1) is 21.0. The number of methoxy groups -OCH3 is 1. The quantitative estimate of drug-likeness (QED) is 0.371. The number of hydrogen-bond acceptors (Lipinski definition) is 7. The molecule has 0 atom stereocenters. The highest BCUT2D eigenvalue weighted by Crippen LogP contribution is 2.25. The van der Waals surface area contributed by atoms with Gasteiger partial charge in [0.25, 0.3) is 0 Å². The molecule has 154 valence electrons. The number of aromatic nitrogens is 2. The largest absolute Gasteiger partial charge is 0.491 e. The van der Waals surface area contributed by atoms with Crippen LogP contribution in [0.15, 0.2) is 42.7 Å². The van der Waals surface area contributed by atoms with Gasteiger partial charge < -0.3 is 24.3 Å². The van der Waals surface area contributed by atoms with Crippen LogP contribution in [-0.4, -0.2) is 50.2 Å². The standard InChI is InChI=1S/C20H21ClFN3O4/c1-26-6-7-27-8-9-28-15-3-4-16-19(11-15)23-12-24-20(16)29-13-25-18-5-2-14(21)10-17(18)22/h2-5,10-12,25H,6-9,13H2,1H3. The Labute approximate surface area is 172 Å². The number of rotatable bonds is 11. The van der Waals surface area contributed by atoms with E-state index >= 15 is 0 Å². The predicted molar refractivity (Wildman–Crippen MR) is 108 cm³/mol. The third-order valence-corrected chi connectivity index (χ3v) is 4.14. The zero-order chi connectivity index (χ0) is 20.5. The summed E-state index contributed by atoms with van der Waals surface area (Å²) in [6.07, 6.45) is 1.40. The maximum Gasteiger partial charge on any atom is 0.226 e. The Balaban J connectivity index is 1.56. The predicted octanol–water partition coefficient (Wildman–Crippen LogP) is 3.91. The van der Waals surface area contributed by atoms with E-state index in [0.717, 1.165) is 5.39 Å². The first-order valence-corrected chi connectivity index (χ1v) is 9.31. The molecule has 0 amide bonds. The molecule has 0 fully saturated rings. The highest BCUT2D eigenvalue weighted by Gasteiger charge is 2.08. The minimum absolute atomic E-state index is 0.0295. The lowest BCUT2D eigenvalue weighted by molar-refractivity contribution is 0.0544. The van der Waals surface area contributed by atoms with Crippen LogP contribution in [0.3, 0.4) is 0 Å². The molecule has 1 heterocycles. The van der Waals surface area contributed by atoms with Crippen LogP contribution in [0.1, 0.15) is 0 Å². The minimum atomic E-state index is -0.457. The molecule has 0 saturated heterocycles. The third-order valence-electron chi connectivity index (χ3n) is 3.90. The van der Waals surface area contributed by atoms with Crippen LogP contribution in [-0.2, 0) is 9.47 Å². The fraction of sp³-hybridized carbons (Fsp3) is 0.300. The van der Waals surface area contributed by atoms with E-state index < -0.39 is 5.82 Å². The molecule has 0 aliphatic rings. The molecule has 0 spiro atoms. The summed E-state index contributed by atoms with van der Waals surface area (Å²) < 4.78 is 35.4. The monoisotopic (exact) mass is 421 g/mol. The topological polar surface area (TPSA) is 74.7 Å². The molecule has 7 nitrogen and oxygen atoms in total. The van der Waals surface area contributed by atoms with E-state index in [9.17, 15) is 4.39 Å². The fourth-order valence-electron chi connectivity index (χ4n) is 2.49. The molecule has 3 rings (SSSR count). The second kappa shape index (κ2) is 10.8. The first-order valence-electron chi connectivity index (χ1n) is 8.93. The second-order valence-corrected chi connectivity index (χ2v) is 6.34. The Bertz CT molecular complexity index is 945. The van der Waals surface area contributed by atoms with Crippen LogP contribution >= 0.6 is 11.6 Å². The molecule has 2 aromatic carbocycles. The van der Waals surface area contributed by atoms with Crippen molar-refractivity contribution in [2.24, 2.45) is 0 Å². The summed E-state index contributed by atoms with van der Waals surface area (Å²) >= 11 is 5.75. The van der Waals surface area contributed by atoms with E-state index in [-0.39, 0.29) is 12.4 Å². The zero-order valence-electron chi connectivity index (χ0n) is 15.9. The summed E-state index contributed by atoms with van der Waals surface area (Å²) in [4.78, 5) is 8.39. The van der Waals surface area contributed by atoms with Gasteiger partial charge in [0.15, 0.2) is 6.73 Å². The molecular weight excluding hydrogens is 401 g/mol. The average molecular weight is 422 g/mol. The highest BCUT2D eigenvalue weighted by molar-refractivity contribution is 6.30. The maximum absolute atomic E-state index is 13.8. The molecule has 1 aromatic heterocycles. The zero-order valence-corrected chi connectivity index (χ0v) is 16.6. The molecule has 0 aliphatic heterocycles. The van der Waals surface area contributed by atoms with Crippen LogP contribution in [0.4, 0.5) is 10.1 Å². The lowest BCUT2D eigenvalue weighted by Gasteiger charge is -2.11. The van der Waals surface area contributed by atoms with E-state index in [1.165, 1.54) is 12.4 Å². The smallest absolute Gasteiger partial charge is 0.226 e. The van der Waals surface area contributed by atoms with Gasteiger partial charge in [0, 0.05) is 18.2 Å². The normalized spacial score (nSPS) is 10.9. The second-order valence-electron chi connectivity index (χ2n) is 5.90. The number of fused-ring (bicyclic) bond motifs is 1.